The van der Waals surface area contributed by atoms with Crippen LogP contribution in [0, 0.1) is 5.92 Å². The smallest absolute Gasteiger partial charge is 0.215 e. The van der Waals surface area contributed by atoms with Gasteiger partial charge in [0.15, 0.2) is 6.20 Å². The maximum absolute atomic E-state index is 6.30. The zero-order chi connectivity index (χ0) is 22.2. The van der Waals surface area contributed by atoms with Gasteiger partial charge in [0.05, 0.1) is 0 Å². The van der Waals surface area contributed by atoms with E-state index in [2.05, 4.69) is 75.0 Å². The van der Waals surface area contributed by atoms with E-state index in [4.69, 9.17) is 38.7 Å². The second-order valence-electron chi connectivity index (χ2n) is 9.52. The first kappa shape index (κ1) is 23.7. The largest absolute Gasteiger partial charge is 0.256 e. The Hall–Kier alpha value is -0.981. The minimum Gasteiger partial charge on any atom is -0.215 e. The molecule has 0 saturated carbocycles. The molecular formula is C19H24B10N+. The van der Waals surface area contributed by atoms with Crippen molar-refractivity contribution in [2.24, 2.45) is 13.0 Å². The first-order chi connectivity index (χ1) is 14.1. The molecule has 1 aromatic heterocycles. The van der Waals surface area contributed by atoms with Gasteiger partial charge in [-0.3, -0.25) is 0 Å². The second-order valence-corrected chi connectivity index (χ2v) is 9.52. The van der Waals surface area contributed by atoms with Crippen molar-refractivity contribution < 1.29 is 4.57 Å². The van der Waals surface area contributed by atoms with Crippen molar-refractivity contribution in [3.05, 3.63) is 48.2 Å². The van der Waals surface area contributed by atoms with Crippen LogP contribution in [0.25, 0.3) is 11.1 Å². The maximum Gasteiger partial charge on any atom is 0.256 e. The van der Waals surface area contributed by atoms with E-state index in [1.165, 1.54) is 22.3 Å². The lowest BCUT2D eigenvalue weighted by Gasteiger charge is -2.26. The molecule has 3 rings (SSSR count). The summed E-state index contributed by atoms with van der Waals surface area (Å²) in [7, 11) is 32.3. The van der Waals surface area contributed by atoms with Gasteiger partial charge in [-0.2, -0.15) is 0 Å². The standard InChI is InChI=1S/C19H24B10N/c1-13(2)11-15-5-7-16(8-6-15)17-9-10-30(4)18(12-17)25-14(3)19(25)26(27(20)21)29(24)28(22)23/h5-10,12-14,19H,11H2,1-4H3/q+1. The number of nitrogens with zero attached hydrogens (tertiary/aromatic N) is 1. The van der Waals surface area contributed by atoms with E-state index in [0.29, 0.717) is 18.4 Å². The summed E-state index contributed by atoms with van der Waals surface area (Å²) >= 11 is 0. The summed E-state index contributed by atoms with van der Waals surface area (Å²) in [5, 5.41) is 0. The predicted octanol–water partition coefficient (Wildman–Crippen LogP) is -0.0681. The monoisotopic (exact) mass is 376 g/mol. The van der Waals surface area contributed by atoms with Crippen LogP contribution in [0.4, 0.5) is 0 Å². The number of hydrogen-bond donors (Lipinski definition) is 0. The molecule has 2 unspecified atom stereocenters. The van der Waals surface area contributed by atoms with Gasteiger partial charge in [0.25, 0.3) is 6.71 Å². The lowest BCUT2D eigenvalue weighted by atomic mass is 8.62. The van der Waals surface area contributed by atoms with Crippen molar-refractivity contribution >= 4 is 76.6 Å². The second kappa shape index (κ2) is 9.66. The van der Waals surface area contributed by atoms with Crippen LogP contribution >= 0.6 is 0 Å². The fraction of sp³-hybridized carbons (Fsp3) is 0.421. The van der Waals surface area contributed by atoms with Crippen molar-refractivity contribution in [1.29, 1.82) is 0 Å². The third-order valence-corrected chi connectivity index (χ3v) is 6.69. The minimum absolute atomic E-state index is 0.121. The van der Waals surface area contributed by atoms with Gasteiger partial charge >= 0.3 is 0 Å². The van der Waals surface area contributed by atoms with Gasteiger partial charge in [-0.1, -0.05) is 56.6 Å². The van der Waals surface area contributed by atoms with E-state index in [-0.39, 0.29) is 12.2 Å². The molecule has 0 aliphatic carbocycles. The van der Waals surface area contributed by atoms with Crippen molar-refractivity contribution in [3.8, 4) is 11.1 Å². The average molecular weight is 375 g/mol. The normalized spacial score (nSPS) is 17.7. The van der Waals surface area contributed by atoms with Gasteiger partial charge in [-0.25, -0.2) is 4.57 Å². The lowest BCUT2D eigenvalue weighted by molar-refractivity contribution is -0.654. The first-order valence-electron chi connectivity index (χ1n) is 11.0. The molecule has 1 nitrogen and oxygen atoms in total. The summed E-state index contributed by atoms with van der Waals surface area (Å²) in [6.45, 7) is 6.93. The molecule has 2 aromatic rings. The Bertz CT molecular complexity index is 857. The molecule has 2 heterocycles. The summed E-state index contributed by atoms with van der Waals surface area (Å²) in [5.41, 5.74) is 5.34. The molecule has 2 atom stereocenters. The van der Waals surface area contributed by atoms with Crippen molar-refractivity contribution in [3.63, 3.8) is 0 Å². The fourth-order valence-corrected chi connectivity index (χ4v) is 4.98. The molecule has 134 valence electrons. The van der Waals surface area contributed by atoms with Crippen LogP contribution < -0.4 is 10.2 Å². The Kier molecular flexibility index (Phi) is 7.62. The summed E-state index contributed by atoms with van der Waals surface area (Å²) < 4.78 is 2.19. The number of hydrogen-bond acceptors (Lipinski definition) is 0. The van der Waals surface area contributed by atoms with E-state index >= 15 is 0 Å². The van der Waals surface area contributed by atoms with Gasteiger partial charge in [0, 0.05) is 76.5 Å². The Morgan fingerprint density at radius 3 is 2.13 bits per heavy atom. The Balaban J connectivity index is 1.87. The molecular weight excluding hydrogens is 350 g/mol. The molecule has 10 radical (unpaired) electrons. The third kappa shape index (κ3) is 5.08. The molecule has 1 aromatic carbocycles. The average Bonchev–Trinajstić information content (AvgIpc) is 3.32. The van der Waals surface area contributed by atoms with Crippen LogP contribution in [-0.2, 0) is 13.5 Å². The number of aryl methyl sites for hydroxylation is 1. The van der Waals surface area contributed by atoms with Crippen molar-refractivity contribution in [2.45, 2.75) is 38.7 Å². The number of pyridine rings is 1. The van der Waals surface area contributed by atoms with Gasteiger partial charge < -0.3 is 0 Å². The molecule has 0 spiro atoms. The number of benzene rings is 1. The van der Waals surface area contributed by atoms with Crippen LogP contribution in [-0.4, -0.2) is 71.0 Å². The van der Waals surface area contributed by atoms with E-state index < -0.39 is 19.2 Å². The highest BCUT2D eigenvalue weighted by atomic mass is 14.9. The molecule has 1 aliphatic heterocycles. The quantitative estimate of drug-likeness (QED) is 0.450. The maximum atomic E-state index is 6.30. The molecule has 11 heteroatoms. The van der Waals surface area contributed by atoms with E-state index in [1.807, 2.05) is 0 Å². The number of rotatable bonds is 8. The predicted molar refractivity (Wildman–Crippen MR) is 142 cm³/mol. The summed E-state index contributed by atoms with van der Waals surface area (Å²) in [4.78, 5) is 0. The van der Waals surface area contributed by atoms with Gasteiger partial charge in [0.1, 0.15) is 12.6 Å². The number of aromatic nitrogens is 1. The molecule has 0 amide bonds. The van der Waals surface area contributed by atoms with Gasteiger partial charge in [-0.15, -0.1) is 0 Å². The lowest BCUT2D eigenvalue weighted by Crippen LogP contribution is -2.61. The van der Waals surface area contributed by atoms with E-state index in [1.54, 1.807) is 0 Å². The van der Waals surface area contributed by atoms with Crippen LogP contribution in [0.5, 0.6) is 0 Å². The highest BCUT2D eigenvalue weighted by molar-refractivity contribution is 7.92. The molecule has 0 bridgehead atoms. The molecule has 1 saturated heterocycles. The summed E-state index contributed by atoms with van der Waals surface area (Å²) in [6, 6.07) is 13.3. The molecule has 1 fully saturated rings. The zero-order valence-electron chi connectivity index (χ0n) is 18.7. The SMILES string of the molecule is [B]B([B])B([B])B(B([B])[B])C1B(c2cc(-c3ccc(CC(C)C)cc3)cc[n+]2C)C1C. The van der Waals surface area contributed by atoms with E-state index in [9.17, 15) is 0 Å². The highest BCUT2D eigenvalue weighted by Gasteiger charge is 2.60. The van der Waals surface area contributed by atoms with Gasteiger partial charge in [0.2, 0.25) is 0 Å². The Labute approximate surface area is 192 Å². The van der Waals surface area contributed by atoms with Gasteiger partial charge in [-0.05, 0) is 29.0 Å². The molecule has 30 heavy (non-hydrogen) atoms. The third-order valence-electron chi connectivity index (χ3n) is 6.69. The highest BCUT2D eigenvalue weighted by Crippen LogP contribution is 2.50. The fourth-order valence-electron chi connectivity index (χ4n) is 4.98. The van der Waals surface area contributed by atoms with E-state index in [0.717, 1.165) is 6.42 Å². The zero-order valence-corrected chi connectivity index (χ0v) is 18.7. The topological polar surface area (TPSA) is 3.88 Å². The molecule has 0 N–H and O–H groups in total. The van der Waals surface area contributed by atoms with Crippen LogP contribution in [0.1, 0.15) is 26.3 Å². The Morgan fingerprint density at radius 2 is 1.60 bits per heavy atom. The van der Waals surface area contributed by atoms with Crippen LogP contribution in [0.15, 0.2) is 42.6 Å². The van der Waals surface area contributed by atoms with Crippen LogP contribution in [0.2, 0.25) is 11.5 Å². The molecule has 1 aliphatic rings. The Morgan fingerprint density at radius 1 is 0.967 bits per heavy atom. The van der Waals surface area contributed by atoms with Crippen LogP contribution in [0.3, 0.4) is 0 Å². The van der Waals surface area contributed by atoms with Crippen molar-refractivity contribution in [1.82, 2.24) is 0 Å². The summed E-state index contributed by atoms with van der Waals surface area (Å²) in [5.74, 6) is 1.07. The summed E-state index contributed by atoms with van der Waals surface area (Å²) in [6.07, 6.45) is 1.61. The minimum atomic E-state index is -0.637. The van der Waals surface area contributed by atoms with Crippen molar-refractivity contribution in [2.75, 3.05) is 0 Å². The first-order valence-corrected chi connectivity index (χ1v) is 11.0.